The van der Waals surface area contributed by atoms with Gasteiger partial charge in [0.2, 0.25) is 0 Å². The average molecular weight is 294 g/mol. The molecule has 1 heterocycles. The summed E-state index contributed by atoms with van der Waals surface area (Å²) in [6.07, 6.45) is 12.8. The monoisotopic (exact) mass is 294 g/mol. The first-order valence-electron chi connectivity index (χ1n) is 8.75. The lowest BCUT2D eigenvalue weighted by atomic mass is 10.1. The van der Waals surface area contributed by atoms with Gasteiger partial charge < -0.3 is 11.1 Å². The highest BCUT2D eigenvalue weighted by Gasteiger charge is 2.11. The van der Waals surface area contributed by atoms with Crippen molar-refractivity contribution in [2.24, 2.45) is 7.05 Å². The molecule has 0 saturated carbocycles. The van der Waals surface area contributed by atoms with Crippen molar-refractivity contribution in [1.29, 1.82) is 0 Å². The maximum absolute atomic E-state index is 6.15. The third-order valence-electron chi connectivity index (χ3n) is 3.97. The van der Waals surface area contributed by atoms with Gasteiger partial charge in [-0.05, 0) is 12.8 Å². The quantitative estimate of drug-likeness (QED) is 0.558. The lowest BCUT2D eigenvalue weighted by molar-refractivity contribution is 0.580. The van der Waals surface area contributed by atoms with Gasteiger partial charge in [0.25, 0.3) is 0 Å². The van der Waals surface area contributed by atoms with E-state index in [0.717, 1.165) is 36.6 Å². The van der Waals surface area contributed by atoms with E-state index in [9.17, 15) is 0 Å². The molecule has 0 unspecified atom stereocenters. The highest BCUT2D eigenvalue weighted by atomic mass is 15.3. The fourth-order valence-electron chi connectivity index (χ4n) is 2.69. The summed E-state index contributed by atoms with van der Waals surface area (Å²) < 4.78 is 1.88. The Kier molecular flexibility index (Phi) is 8.95. The summed E-state index contributed by atoms with van der Waals surface area (Å²) in [5.74, 6) is 0.987. The normalized spacial score (nSPS) is 11.0. The number of unbranched alkanes of at least 4 members (excludes halogenated alkanes) is 7. The average Bonchev–Trinajstić information content (AvgIpc) is 2.73. The van der Waals surface area contributed by atoms with Crippen LogP contribution in [0.1, 0.15) is 77.3 Å². The fourth-order valence-corrected chi connectivity index (χ4v) is 2.69. The van der Waals surface area contributed by atoms with Crippen LogP contribution in [0, 0.1) is 0 Å². The molecular weight excluding hydrogens is 260 g/mol. The van der Waals surface area contributed by atoms with Crippen molar-refractivity contribution < 1.29 is 0 Å². The Hall–Kier alpha value is -1.19. The summed E-state index contributed by atoms with van der Waals surface area (Å²) in [5, 5.41) is 7.93. The van der Waals surface area contributed by atoms with Gasteiger partial charge in [0.05, 0.1) is 11.4 Å². The minimum Gasteiger partial charge on any atom is -0.394 e. The summed E-state index contributed by atoms with van der Waals surface area (Å²) in [6, 6.07) is 0. The molecule has 122 valence electrons. The van der Waals surface area contributed by atoms with Crippen molar-refractivity contribution in [2.45, 2.75) is 78.1 Å². The third kappa shape index (κ3) is 6.40. The van der Waals surface area contributed by atoms with Crippen molar-refractivity contribution in [1.82, 2.24) is 9.78 Å². The zero-order valence-corrected chi connectivity index (χ0v) is 14.2. The van der Waals surface area contributed by atoms with Crippen LogP contribution in [0.15, 0.2) is 0 Å². The Morgan fingerprint density at radius 1 is 0.952 bits per heavy atom. The molecule has 0 aliphatic carbocycles. The Morgan fingerprint density at radius 3 is 2.19 bits per heavy atom. The van der Waals surface area contributed by atoms with Gasteiger partial charge in [0.1, 0.15) is 5.82 Å². The second-order valence-corrected chi connectivity index (χ2v) is 5.98. The number of anilines is 2. The first-order chi connectivity index (χ1) is 10.2. The Labute approximate surface area is 130 Å². The summed E-state index contributed by atoms with van der Waals surface area (Å²) in [6.45, 7) is 5.41. The van der Waals surface area contributed by atoms with E-state index in [1.54, 1.807) is 0 Å². The van der Waals surface area contributed by atoms with E-state index in [1.807, 2.05) is 11.7 Å². The topological polar surface area (TPSA) is 55.9 Å². The third-order valence-corrected chi connectivity index (χ3v) is 3.97. The Morgan fingerprint density at radius 2 is 1.57 bits per heavy atom. The smallest absolute Gasteiger partial charge is 0.147 e. The van der Waals surface area contributed by atoms with Crippen LogP contribution in [0.2, 0.25) is 0 Å². The van der Waals surface area contributed by atoms with E-state index in [0.29, 0.717) is 0 Å². The molecule has 0 aliphatic rings. The Balaban J connectivity index is 2.15. The van der Waals surface area contributed by atoms with Gasteiger partial charge in [-0.25, -0.2) is 0 Å². The lowest BCUT2D eigenvalue weighted by Crippen LogP contribution is -2.07. The predicted molar refractivity (Wildman–Crippen MR) is 92.7 cm³/mol. The maximum Gasteiger partial charge on any atom is 0.147 e. The molecule has 1 aromatic rings. The van der Waals surface area contributed by atoms with Gasteiger partial charge in [-0.1, -0.05) is 65.2 Å². The molecule has 0 radical (unpaired) electrons. The fraction of sp³-hybridized carbons (Fsp3) is 0.824. The van der Waals surface area contributed by atoms with Crippen LogP contribution in [0.25, 0.3) is 0 Å². The molecule has 0 amide bonds. The van der Waals surface area contributed by atoms with Gasteiger partial charge in [-0.15, -0.1) is 0 Å². The number of aromatic nitrogens is 2. The summed E-state index contributed by atoms with van der Waals surface area (Å²) in [7, 11) is 1.96. The zero-order chi connectivity index (χ0) is 15.5. The van der Waals surface area contributed by atoms with Crippen LogP contribution in [0.4, 0.5) is 11.5 Å². The molecule has 0 aromatic carbocycles. The van der Waals surface area contributed by atoms with E-state index in [2.05, 4.69) is 24.3 Å². The molecule has 0 saturated heterocycles. The molecule has 4 heteroatoms. The predicted octanol–water partition coefficient (Wildman–Crippen LogP) is 4.51. The standard InChI is InChI=1S/C17H34N4/c1-4-6-7-8-9-10-11-12-14-19-17-16(18)15(13-5-2)20-21(17)3/h19H,4-14,18H2,1-3H3. The number of rotatable bonds is 12. The van der Waals surface area contributed by atoms with Crippen LogP contribution in [0.5, 0.6) is 0 Å². The van der Waals surface area contributed by atoms with Crippen LogP contribution in [-0.2, 0) is 13.5 Å². The number of hydrogen-bond acceptors (Lipinski definition) is 3. The van der Waals surface area contributed by atoms with E-state index in [1.165, 1.54) is 51.4 Å². The van der Waals surface area contributed by atoms with Crippen molar-refractivity contribution in [2.75, 3.05) is 17.6 Å². The number of hydrogen-bond donors (Lipinski definition) is 2. The second-order valence-electron chi connectivity index (χ2n) is 5.98. The van der Waals surface area contributed by atoms with E-state index < -0.39 is 0 Å². The summed E-state index contributed by atoms with van der Waals surface area (Å²) >= 11 is 0. The minimum atomic E-state index is 0.832. The molecule has 1 rings (SSSR count). The summed E-state index contributed by atoms with van der Waals surface area (Å²) in [5.41, 5.74) is 8.01. The van der Waals surface area contributed by atoms with Gasteiger partial charge >= 0.3 is 0 Å². The molecule has 4 nitrogen and oxygen atoms in total. The maximum atomic E-state index is 6.15. The van der Waals surface area contributed by atoms with Crippen molar-refractivity contribution >= 4 is 11.5 Å². The van der Waals surface area contributed by atoms with Crippen LogP contribution in [-0.4, -0.2) is 16.3 Å². The van der Waals surface area contributed by atoms with E-state index in [-0.39, 0.29) is 0 Å². The van der Waals surface area contributed by atoms with E-state index >= 15 is 0 Å². The number of aryl methyl sites for hydroxylation is 2. The summed E-state index contributed by atoms with van der Waals surface area (Å²) in [4.78, 5) is 0. The van der Waals surface area contributed by atoms with Crippen molar-refractivity contribution in [3.05, 3.63) is 5.69 Å². The molecule has 3 N–H and O–H groups in total. The van der Waals surface area contributed by atoms with Gasteiger partial charge in [0, 0.05) is 13.6 Å². The largest absolute Gasteiger partial charge is 0.394 e. The van der Waals surface area contributed by atoms with Gasteiger partial charge in [-0.2, -0.15) is 5.10 Å². The van der Waals surface area contributed by atoms with Gasteiger partial charge in [-0.3, -0.25) is 4.68 Å². The second kappa shape index (κ2) is 10.5. The Bertz CT molecular complexity index is 384. The first-order valence-corrected chi connectivity index (χ1v) is 8.75. The molecular formula is C17H34N4. The highest BCUT2D eigenvalue weighted by molar-refractivity contribution is 5.64. The molecule has 0 fully saturated rings. The SMILES string of the molecule is CCCCCCCCCCNc1c(N)c(CCC)nn1C. The minimum absolute atomic E-state index is 0.832. The molecule has 21 heavy (non-hydrogen) atoms. The number of nitrogens with zero attached hydrogens (tertiary/aromatic N) is 2. The number of nitrogens with two attached hydrogens (primary N) is 1. The van der Waals surface area contributed by atoms with Crippen LogP contribution < -0.4 is 11.1 Å². The van der Waals surface area contributed by atoms with Crippen molar-refractivity contribution in [3.63, 3.8) is 0 Å². The molecule has 1 aromatic heterocycles. The number of nitrogens with one attached hydrogen (secondary N) is 1. The highest BCUT2D eigenvalue weighted by Crippen LogP contribution is 2.23. The molecule has 0 spiro atoms. The van der Waals surface area contributed by atoms with E-state index in [4.69, 9.17) is 5.73 Å². The van der Waals surface area contributed by atoms with Crippen LogP contribution >= 0.6 is 0 Å². The van der Waals surface area contributed by atoms with Crippen molar-refractivity contribution in [3.8, 4) is 0 Å². The zero-order valence-electron chi connectivity index (χ0n) is 14.2. The number of nitrogen functional groups attached to an aromatic ring is 1. The molecule has 0 atom stereocenters. The van der Waals surface area contributed by atoms with Gasteiger partial charge in [0.15, 0.2) is 0 Å². The first kappa shape index (κ1) is 17.9. The van der Waals surface area contributed by atoms with Crippen LogP contribution in [0.3, 0.4) is 0 Å². The lowest BCUT2D eigenvalue weighted by Gasteiger charge is -2.07. The molecule has 0 bridgehead atoms. The molecule has 0 aliphatic heterocycles.